The molecule has 0 bridgehead atoms. The molecule has 0 saturated heterocycles. The molecule has 508 valence electrons. The van der Waals surface area contributed by atoms with Gasteiger partial charge in [0.1, 0.15) is 106 Å². The molecule has 0 aliphatic heterocycles. The molecule has 17 aromatic rings. The van der Waals surface area contributed by atoms with E-state index in [2.05, 4.69) is 86.3 Å². The van der Waals surface area contributed by atoms with Crippen LogP contribution in [-0.2, 0) is 37.0 Å². The zero-order chi connectivity index (χ0) is 69.6. The van der Waals surface area contributed by atoms with Gasteiger partial charge in [-0.2, -0.15) is 0 Å². The van der Waals surface area contributed by atoms with Crippen molar-refractivity contribution in [2.24, 2.45) is 0 Å². The van der Waals surface area contributed by atoms with Crippen molar-refractivity contribution in [3.05, 3.63) is 275 Å². The lowest BCUT2D eigenvalue weighted by Gasteiger charge is -2.17. The first kappa shape index (κ1) is 68.9. The van der Waals surface area contributed by atoms with E-state index in [1.807, 2.05) is 144 Å². The van der Waals surface area contributed by atoms with Gasteiger partial charge in [0.15, 0.2) is 0 Å². The summed E-state index contributed by atoms with van der Waals surface area (Å²) in [4.78, 5) is 40.9. The summed E-state index contributed by atoms with van der Waals surface area (Å²) in [6.45, 7) is 0.594. The Morgan fingerprint density at radius 1 is 0.451 bits per heavy atom. The monoisotopic (exact) mass is 1480 g/mol. The number of ether oxygens (including phenoxy) is 1. The van der Waals surface area contributed by atoms with Gasteiger partial charge in [0.05, 0.1) is 73.7 Å². The smallest absolute Gasteiger partial charge is 0.147 e. The van der Waals surface area contributed by atoms with E-state index in [1.165, 1.54) is 40.8 Å². The molecular formula is C77H59FN10O7S7. The minimum Gasteiger partial charge on any atom is -0.497 e. The van der Waals surface area contributed by atoms with Gasteiger partial charge < -0.3 is 37.6 Å². The van der Waals surface area contributed by atoms with Crippen LogP contribution in [0.4, 0.5) is 10.2 Å². The molecule has 0 saturated carbocycles. The first-order chi connectivity index (χ1) is 50.2. The number of thioether (sulfide) groups is 3. The lowest BCUT2D eigenvalue weighted by atomic mass is 10.0. The van der Waals surface area contributed by atoms with Gasteiger partial charge in [0.2, 0.25) is 0 Å². The Labute approximate surface area is 612 Å². The van der Waals surface area contributed by atoms with Crippen molar-refractivity contribution in [1.82, 2.24) is 45.0 Å². The maximum Gasteiger partial charge on any atom is 0.147 e. The Hall–Kier alpha value is -10.2. The highest BCUT2D eigenvalue weighted by Gasteiger charge is 2.19. The fourth-order valence-electron chi connectivity index (χ4n) is 11.0. The van der Waals surface area contributed by atoms with E-state index >= 15 is 0 Å². The summed E-state index contributed by atoms with van der Waals surface area (Å²) >= 11 is 11.3. The number of fused-ring (bicyclic) bond motifs is 4. The van der Waals surface area contributed by atoms with Crippen LogP contribution in [0.25, 0.3) is 96.6 Å². The third-order valence-electron chi connectivity index (χ3n) is 16.0. The topological polar surface area (TPSA) is 221 Å². The van der Waals surface area contributed by atoms with Crippen LogP contribution >= 0.6 is 80.6 Å². The fourth-order valence-corrected chi connectivity index (χ4v) is 16.9. The average molecular weight is 1480 g/mol. The number of benzene rings is 5. The Bertz CT molecular complexity index is 5580. The molecule has 0 spiro atoms. The van der Waals surface area contributed by atoms with Gasteiger partial charge in [-0.25, -0.2) is 44.3 Å². The number of aliphatic hydroxyl groups is 2. The Morgan fingerprint density at radius 2 is 0.951 bits per heavy atom. The highest BCUT2D eigenvalue weighted by atomic mass is 32.2. The molecule has 0 atom stereocenters. The average Bonchev–Trinajstić information content (AvgIpc) is 1.63. The van der Waals surface area contributed by atoms with Gasteiger partial charge in [-0.15, -0.1) is 45.3 Å². The van der Waals surface area contributed by atoms with Crippen LogP contribution in [-0.4, -0.2) is 69.4 Å². The van der Waals surface area contributed by atoms with Gasteiger partial charge in [-0.1, -0.05) is 144 Å². The largest absolute Gasteiger partial charge is 0.497 e. The number of nitrogens with zero attached hydrogens (tertiary/aromatic N) is 10. The first-order valence-corrected chi connectivity index (χ1v) is 38.1. The number of halogens is 1. The summed E-state index contributed by atoms with van der Waals surface area (Å²) in [6, 6.07) is 54.2. The molecule has 102 heavy (non-hydrogen) atoms. The molecule has 25 heteroatoms. The minimum atomic E-state index is -0.266. The second-order valence-corrected chi connectivity index (χ2v) is 29.0. The van der Waals surface area contributed by atoms with Crippen LogP contribution < -0.4 is 9.64 Å². The number of anilines is 1. The van der Waals surface area contributed by atoms with E-state index in [0.717, 1.165) is 146 Å². The fraction of sp³-hybridized carbons (Fsp3) is 0.104. The van der Waals surface area contributed by atoms with E-state index in [0.29, 0.717) is 29.5 Å². The predicted molar refractivity (Wildman–Crippen MR) is 409 cm³/mol. The third-order valence-corrected chi connectivity index (χ3v) is 22.4. The second-order valence-electron chi connectivity index (χ2n) is 22.5. The number of thiophene rings is 4. The quantitative estimate of drug-likeness (QED) is 0.0535. The van der Waals surface area contributed by atoms with Gasteiger partial charge in [0.25, 0.3) is 0 Å². The number of rotatable bonds is 20. The first-order valence-electron chi connectivity index (χ1n) is 31.6. The van der Waals surface area contributed by atoms with Crippen molar-refractivity contribution in [3.63, 3.8) is 0 Å². The van der Waals surface area contributed by atoms with Crippen LogP contribution in [0.15, 0.2) is 268 Å². The summed E-state index contributed by atoms with van der Waals surface area (Å²) in [5.41, 5.74) is 11.6. The number of hydrogen-bond acceptors (Lipinski definition) is 24. The van der Waals surface area contributed by atoms with Crippen LogP contribution in [0, 0.1) is 5.82 Å². The summed E-state index contributed by atoms with van der Waals surface area (Å²) in [5.74, 6) is 6.91. The summed E-state index contributed by atoms with van der Waals surface area (Å²) < 4.78 is 41.2. The lowest BCUT2D eigenvalue weighted by molar-refractivity contribution is 0.282. The molecule has 12 heterocycles. The molecule has 5 aromatic carbocycles. The summed E-state index contributed by atoms with van der Waals surface area (Å²) in [5, 5.41) is 38.4. The van der Waals surface area contributed by atoms with Gasteiger partial charge >= 0.3 is 0 Å². The van der Waals surface area contributed by atoms with Crippen molar-refractivity contribution >= 4 is 127 Å². The Balaban J connectivity index is 0.000000116. The van der Waals surface area contributed by atoms with Gasteiger partial charge in [-0.05, 0) is 110 Å². The molecule has 0 radical (unpaired) electrons. The molecule has 17 rings (SSSR count). The predicted octanol–water partition coefficient (Wildman–Crippen LogP) is 20.5. The van der Waals surface area contributed by atoms with Crippen molar-refractivity contribution < 1.29 is 37.1 Å². The zero-order valence-corrected chi connectivity index (χ0v) is 60.1. The number of aliphatic hydroxyl groups excluding tert-OH is 2. The highest BCUT2D eigenvalue weighted by molar-refractivity contribution is 7.99. The van der Waals surface area contributed by atoms with Crippen LogP contribution in [0.2, 0.25) is 0 Å². The van der Waals surface area contributed by atoms with Crippen molar-refractivity contribution in [2.45, 2.75) is 52.1 Å². The van der Waals surface area contributed by atoms with Gasteiger partial charge in [-0.3, -0.25) is 0 Å². The van der Waals surface area contributed by atoms with Crippen LogP contribution in [0.1, 0.15) is 34.2 Å². The lowest BCUT2D eigenvalue weighted by Crippen LogP contribution is -2.17. The van der Waals surface area contributed by atoms with E-state index in [9.17, 15) is 14.6 Å². The third kappa shape index (κ3) is 16.4. The maximum atomic E-state index is 13.3. The molecule has 17 nitrogen and oxygen atoms in total. The maximum absolute atomic E-state index is 13.3. The second kappa shape index (κ2) is 33.1. The molecule has 0 aliphatic carbocycles. The SMILES string of the molecule is COc1ccc(-c2coc(CN(C)c3ncnc4sccc34)c2)cc1.OCc1ccccc1-c1cc(CSc2ncnc3scc(-c4ccc(F)cc4)c23)on1.OCc1ccccc1-c1coc(CSc2ncnc3sccc23)c1.c1ccc(-c2coc(CSc3ncnc4sccc34)c2)cc1. The molecule has 0 unspecified atom stereocenters. The summed E-state index contributed by atoms with van der Waals surface area (Å²) in [7, 11) is 3.67. The summed E-state index contributed by atoms with van der Waals surface area (Å²) in [6.07, 6.45) is 11.7. The normalized spacial score (nSPS) is 11.1. The Morgan fingerprint density at radius 3 is 1.60 bits per heavy atom. The minimum absolute atomic E-state index is 0.0164. The van der Waals surface area contributed by atoms with Gasteiger partial charge in [0, 0.05) is 57.1 Å². The number of furan rings is 3. The molecule has 12 aromatic heterocycles. The van der Waals surface area contributed by atoms with E-state index in [1.54, 1.807) is 115 Å². The van der Waals surface area contributed by atoms with Crippen molar-refractivity contribution in [1.29, 1.82) is 0 Å². The van der Waals surface area contributed by atoms with Crippen LogP contribution in [0.3, 0.4) is 0 Å². The molecule has 0 aliphatic rings. The Kier molecular flexibility index (Phi) is 22.3. The standard InChI is InChI=1S/C23H16FN3O2S2.C19H17N3O2S.C18H14N2O2S2.C17H12N2OS2/c24-16-7-5-14(6-8-16)19-12-31-23-21(19)22(25-13-26-23)30-11-17-9-20(27-29-17)18-4-2-1-3-15(18)10-28;1-22(18-17-7-8-25-19(17)21-12-20-18)10-16-9-14(11-24-16)13-3-5-15(23-2)6-4-13;21-8-12-3-1-2-4-15(12)13-7-14(22-9-13)10-24-18-16-5-6-23-17(16)19-11-20-18;1-2-4-12(5-3-1)13-8-14(20-9-13)10-22-17-15-6-7-21-16(15)18-11-19-17/h1-9,12-13,28H,10-11H2;3-9,11-12H,10H2,1-2H3;1-7,9,11,21H,8,10H2;1-9,11H,10H2. The number of aromatic nitrogens is 9. The molecule has 0 fully saturated rings. The van der Waals surface area contributed by atoms with E-state index < -0.39 is 0 Å². The highest BCUT2D eigenvalue weighted by Crippen LogP contribution is 2.41. The van der Waals surface area contributed by atoms with Crippen LogP contribution in [0.5, 0.6) is 5.75 Å². The molecule has 2 N–H and O–H groups in total. The van der Waals surface area contributed by atoms with Crippen molar-refractivity contribution in [2.75, 3.05) is 19.1 Å². The van der Waals surface area contributed by atoms with E-state index in [4.69, 9.17) is 22.5 Å². The number of methoxy groups -OCH3 is 1. The molecular weight excluding hydrogens is 1420 g/mol. The number of hydrogen-bond donors (Lipinski definition) is 2. The molecule has 0 amide bonds. The zero-order valence-electron chi connectivity index (χ0n) is 54.4. The van der Waals surface area contributed by atoms with E-state index in [-0.39, 0.29) is 19.0 Å². The van der Waals surface area contributed by atoms with Crippen molar-refractivity contribution in [3.8, 4) is 61.5 Å².